The van der Waals surface area contributed by atoms with Crippen molar-refractivity contribution in [3.05, 3.63) is 46.2 Å². The quantitative estimate of drug-likeness (QED) is 0.854. The summed E-state index contributed by atoms with van der Waals surface area (Å²) in [6, 6.07) is 7.95. The van der Waals surface area contributed by atoms with Gasteiger partial charge in [0.15, 0.2) is 0 Å². The van der Waals surface area contributed by atoms with Crippen molar-refractivity contribution < 1.29 is 5.11 Å². The number of benzene rings is 1. The fourth-order valence-corrected chi connectivity index (χ4v) is 1.52. The zero-order chi connectivity index (χ0) is 10.7. The minimum atomic E-state index is -0.319. The van der Waals surface area contributed by atoms with E-state index in [9.17, 15) is 5.11 Å². The van der Waals surface area contributed by atoms with E-state index in [0.717, 1.165) is 10.0 Å². The molecule has 0 saturated heterocycles. The molecule has 1 aromatic carbocycles. The van der Waals surface area contributed by atoms with Crippen molar-refractivity contribution in [2.75, 3.05) is 0 Å². The zero-order valence-corrected chi connectivity index (χ0v) is 9.51. The Kier molecular flexibility index (Phi) is 3.13. The van der Waals surface area contributed by atoms with Crippen LogP contribution in [0.4, 0.5) is 0 Å². The SMILES string of the molecule is [O]Cc1cn(Cc2ccc(Br)cc2)nn1. The van der Waals surface area contributed by atoms with Gasteiger partial charge < -0.3 is 0 Å². The summed E-state index contributed by atoms with van der Waals surface area (Å²) in [5, 5.41) is 18.1. The molecule has 1 aromatic heterocycles. The summed E-state index contributed by atoms with van der Waals surface area (Å²) in [6.07, 6.45) is 1.68. The maximum atomic E-state index is 10.5. The number of hydrogen-bond donors (Lipinski definition) is 0. The van der Waals surface area contributed by atoms with Crippen LogP contribution >= 0.6 is 15.9 Å². The van der Waals surface area contributed by atoms with Crippen LogP contribution in [0.2, 0.25) is 0 Å². The van der Waals surface area contributed by atoms with Crippen LogP contribution in [0.1, 0.15) is 11.3 Å². The lowest BCUT2D eigenvalue weighted by Gasteiger charge is -2.00. The topological polar surface area (TPSA) is 50.6 Å². The van der Waals surface area contributed by atoms with E-state index in [4.69, 9.17) is 0 Å². The summed E-state index contributed by atoms with van der Waals surface area (Å²) in [6.45, 7) is 0.320. The van der Waals surface area contributed by atoms with Gasteiger partial charge in [0.05, 0.1) is 12.7 Å². The third kappa shape index (κ3) is 2.64. The van der Waals surface area contributed by atoms with Gasteiger partial charge in [-0.3, -0.25) is 0 Å². The molecule has 0 saturated carbocycles. The predicted molar refractivity (Wildman–Crippen MR) is 57.7 cm³/mol. The maximum absolute atomic E-state index is 10.5. The molecule has 4 nitrogen and oxygen atoms in total. The third-order valence-electron chi connectivity index (χ3n) is 1.99. The van der Waals surface area contributed by atoms with Crippen molar-refractivity contribution >= 4 is 15.9 Å². The average Bonchev–Trinajstić information content (AvgIpc) is 2.69. The van der Waals surface area contributed by atoms with E-state index in [1.807, 2.05) is 24.3 Å². The predicted octanol–water partition coefficient (Wildman–Crippen LogP) is 2.02. The highest BCUT2D eigenvalue weighted by Gasteiger charge is 2.00. The minimum absolute atomic E-state index is 0.319. The highest BCUT2D eigenvalue weighted by molar-refractivity contribution is 9.10. The molecule has 0 amide bonds. The van der Waals surface area contributed by atoms with Gasteiger partial charge in [-0.15, -0.1) is 5.10 Å². The molecule has 0 N–H and O–H groups in total. The Morgan fingerprint density at radius 1 is 1.27 bits per heavy atom. The van der Waals surface area contributed by atoms with Gasteiger partial charge in [0.2, 0.25) is 0 Å². The summed E-state index contributed by atoms with van der Waals surface area (Å²) < 4.78 is 2.71. The Morgan fingerprint density at radius 2 is 2.00 bits per heavy atom. The second-order valence-electron chi connectivity index (χ2n) is 3.18. The summed E-state index contributed by atoms with van der Waals surface area (Å²) in [5.41, 5.74) is 1.60. The lowest BCUT2D eigenvalue weighted by molar-refractivity contribution is 0.174. The van der Waals surface area contributed by atoms with Crippen LogP contribution in [0.15, 0.2) is 34.9 Å². The van der Waals surface area contributed by atoms with Gasteiger partial charge in [0.1, 0.15) is 12.3 Å². The molecule has 2 aromatic rings. The fraction of sp³-hybridized carbons (Fsp3) is 0.200. The zero-order valence-electron chi connectivity index (χ0n) is 7.93. The van der Waals surface area contributed by atoms with Crippen molar-refractivity contribution in [3.63, 3.8) is 0 Å². The van der Waals surface area contributed by atoms with Gasteiger partial charge in [-0.05, 0) is 17.7 Å². The summed E-state index contributed by atoms with van der Waals surface area (Å²) in [7, 11) is 0. The Labute approximate surface area is 95.7 Å². The van der Waals surface area contributed by atoms with Crippen molar-refractivity contribution in [2.24, 2.45) is 0 Å². The molecule has 0 atom stereocenters. The van der Waals surface area contributed by atoms with Crippen LogP contribution in [0.3, 0.4) is 0 Å². The molecule has 77 valence electrons. The second kappa shape index (κ2) is 4.55. The first kappa shape index (κ1) is 10.3. The van der Waals surface area contributed by atoms with Crippen molar-refractivity contribution in [1.29, 1.82) is 0 Å². The molecule has 0 aliphatic heterocycles. The van der Waals surface area contributed by atoms with Gasteiger partial charge in [0.25, 0.3) is 0 Å². The highest BCUT2D eigenvalue weighted by Crippen LogP contribution is 2.11. The van der Waals surface area contributed by atoms with Crippen LogP contribution in [0.25, 0.3) is 0 Å². The Hall–Kier alpha value is -1.20. The van der Waals surface area contributed by atoms with Crippen LogP contribution < -0.4 is 0 Å². The Morgan fingerprint density at radius 3 is 2.60 bits per heavy atom. The molecule has 0 spiro atoms. The van der Waals surface area contributed by atoms with Crippen LogP contribution in [0.5, 0.6) is 0 Å². The van der Waals surface area contributed by atoms with Gasteiger partial charge >= 0.3 is 0 Å². The molecular weight excluding hydrogens is 258 g/mol. The van der Waals surface area contributed by atoms with Crippen LogP contribution in [0, 0.1) is 0 Å². The summed E-state index contributed by atoms with van der Waals surface area (Å²) in [5.74, 6) is 0. The van der Waals surface area contributed by atoms with Crippen molar-refractivity contribution in [2.45, 2.75) is 13.2 Å². The van der Waals surface area contributed by atoms with E-state index < -0.39 is 0 Å². The minimum Gasteiger partial charge on any atom is -0.248 e. The molecule has 1 radical (unpaired) electrons. The number of hydrogen-bond acceptors (Lipinski definition) is 2. The van der Waals surface area contributed by atoms with Crippen molar-refractivity contribution in [1.82, 2.24) is 15.0 Å². The molecule has 5 heteroatoms. The average molecular weight is 267 g/mol. The van der Waals surface area contributed by atoms with Crippen LogP contribution in [-0.4, -0.2) is 15.0 Å². The normalized spacial score (nSPS) is 10.5. The lowest BCUT2D eigenvalue weighted by Crippen LogP contribution is -1.99. The Balaban J connectivity index is 2.11. The first-order valence-electron chi connectivity index (χ1n) is 4.49. The molecule has 0 aliphatic carbocycles. The molecule has 2 rings (SSSR count). The van der Waals surface area contributed by atoms with E-state index in [1.54, 1.807) is 10.9 Å². The van der Waals surface area contributed by atoms with Crippen molar-refractivity contribution in [3.8, 4) is 0 Å². The van der Waals surface area contributed by atoms with E-state index in [-0.39, 0.29) is 6.61 Å². The van der Waals surface area contributed by atoms with E-state index >= 15 is 0 Å². The smallest absolute Gasteiger partial charge is 0.128 e. The highest BCUT2D eigenvalue weighted by atomic mass is 79.9. The van der Waals surface area contributed by atoms with Gasteiger partial charge in [0, 0.05) is 4.47 Å². The first-order chi connectivity index (χ1) is 7.28. The number of nitrogens with zero attached hydrogens (tertiary/aromatic N) is 3. The van der Waals surface area contributed by atoms with E-state index in [1.165, 1.54) is 0 Å². The Bertz CT molecular complexity index is 438. The standard InChI is InChI=1S/C10H9BrN3O/c11-9-3-1-8(2-4-9)5-14-6-10(7-15)12-13-14/h1-4,6H,5,7H2. The van der Waals surface area contributed by atoms with Gasteiger partial charge in [-0.25, -0.2) is 9.79 Å². The number of aromatic nitrogens is 3. The number of halogens is 1. The maximum Gasteiger partial charge on any atom is 0.128 e. The molecule has 0 unspecified atom stereocenters. The molecule has 0 bridgehead atoms. The molecule has 15 heavy (non-hydrogen) atoms. The van der Waals surface area contributed by atoms with Gasteiger partial charge in [-0.1, -0.05) is 33.3 Å². The largest absolute Gasteiger partial charge is 0.248 e. The summed E-state index contributed by atoms with van der Waals surface area (Å²) >= 11 is 3.37. The van der Waals surface area contributed by atoms with Gasteiger partial charge in [-0.2, -0.15) is 0 Å². The fourth-order valence-electron chi connectivity index (χ4n) is 1.26. The lowest BCUT2D eigenvalue weighted by atomic mass is 10.2. The summed E-state index contributed by atoms with van der Waals surface area (Å²) in [4.78, 5) is 0. The second-order valence-corrected chi connectivity index (χ2v) is 4.09. The molecule has 0 aliphatic rings. The third-order valence-corrected chi connectivity index (χ3v) is 2.52. The monoisotopic (exact) mass is 266 g/mol. The first-order valence-corrected chi connectivity index (χ1v) is 5.29. The molecule has 1 heterocycles. The van der Waals surface area contributed by atoms with E-state index in [2.05, 4.69) is 26.2 Å². The molecule has 0 fully saturated rings. The molecular formula is C10H9BrN3O. The van der Waals surface area contributed by atoms with Crippen LogP contribution in [-0.2, 0) is 18.3 Å². The van der Waals surface area contributed by atoms with E-state index in [0.29, 0.717) is 12.2 Å². The number of rotatable bonds is 3.